The summed E-state index contributed by atoms with van der Waals surface area (Å²) in [6.45, 7) is 6.92. The molecular weight excluding hydrogens is 378 g/mol. The number of hydrogen-bond acceptors (Lipinski definition) is 0. The minimum absolute atomic E-state index is 0. The van der Waals surface area contributed by atoms with Crippen molar-refractivity contribution in [1.29, 1.82) is 0 Å². The molecule has 0 saturated carbocycles. The molecule has 0 aromatic carbocycles. The van der Waals surface area contributed by atoms with Crippen LogP contribution < -0.4 is 37.2 Å². The first kappa shape index (κ1) is 24.6. The molecule has 0 heterocycles. The summed E-state index contributed by atoms with van der Waals surface area (Å²) in [6.07, 6.45) is 15.6. The van der Waals surface area contributed by atoms with Crippen molar-refractivity contribution in [2.45, 2.75) is 33.6 Å². The van der Waals surface area contributed by atoms with E-state index in [4.69, 9.17) is 0 Å². The number of rotatable bonds is 2. The first-order valence-corrected chi connectivity index (χ1v) is 5.68. The van der Waals surface area contributed by atoms with Crippen molar-refractivity contribution in [2.75, 3.05) is 0 Å². The molecule has 0 aromatic rings. The number of hydrogen-bond donors (Lipinski definition) is 0. The summed E-state index contributed by atoms with van der Waals surface area (Å²) in [5.74, 6) is 1.54. The minimum atomic E-state index is 0. The van der Waals surface area contributed by atoms with Gasteiger partial charge in [0.2, 0.25) is 0 Å². The molecule has 2 aliphatic carbocycles. The normalized spacial score (nSPS) is 15.3. The van der Waals surface area contributed by atoms with Crippen LogP contribution >= 0.6 is 0 Å². The van der Waals surface area contributed by atoms with E-state index in [1.807, 2.05) is 0 Å². The van der Waals surface area contributed by atoms with Crippen LogP contribution in [0.2, 0.25) is 0 Å². The van der Waals surface area contributed by atoms with Crippen LogP contribution in [-0.2, 0) is 26.2 Å². The third-order valence-corrected chi connectivity index (χ3v) is 2.93. The molecule has 0 bridgehead atoms. The topological polar surface area (TPSA) is 0 Å². The summed E-state index contributed by atoms with van der Waals surface area (Å²) in [5, 5.41) is 0. The molecule has 0 fully saturated rings. The van der Waals surface area contributed by atoms with Gasteiger partial charge in [0.1, 0.15) is 0 Å². The van der Waals surface area contributed by atoms with Gasteiger partial charge in [0.05, 0.1) is 0 Å². The second kappa shape index (κ2) is 10.3. The Kier molecular flexibility index (Phi) is 13.4. The predicted octanol–water partition coefficient (Wildman–Crippen LogP) is -4.61. The molecule has 0 nitrogen and oxygen atoms in total. The molecule has 0 amide bonds. The second-order valence-electron chi connectivity index (χ2n) is 5.27. The second-order valence-corrected chi connectivity index (χ2v) is 5.27. The van der Waals surface area contributed by atoms with E-state index in [2.05, 4.69) is 57.2 Å². The van der Waals surface area contributed by atoms with Gasteiger partial charge >= 0.3 is 26.2 Å². The van der Waals surface area contributed by atoms with Crippen molar-refractivity contribution in [2.24, 2.45) is 5.41 Å². The monoisotopic (exact) mass is 394 g/mol. The van der Waals surface area contributed by atoms with E-state index < -0.39 is 0 Å². The van der Waals surface area contributed by atoms with Crippen LogP contribution in [0.5, 0.6) is 0 Å². The summed E-state index contributed by atoms with van der Waals surface area (Å²) < 4.78 is 0. The Morgan fingerprint density at radius 3 is 1.42 bits per heavy atom. The van der Waals surface area contributed by atoms with E-state index >= 15 is 0 Å². The van der Waals surface area contributed by atoms with Crippen molar-refractivity contribution in [1.82, 2.24) is 0 Å². The van der Waals surface area contributed by atoms with Crippen molar-refractivity contribution in [3.63, 3.8) is 0 Å². The van der Waals surface area contributed by atoms with Gasteiger partial charge < -0.3 is 37.2 Å². The molecule has 104 valence electrons. The van der Waals surface area contributed by atoms with Crippen molar-refractivity contribution in [3.8, 4) is 0 Å². The van der Waals surface area contributed by atoms with Gasteiger partial charge in [-0.1, -0.05) is 38.3 Å². The quantitative estimate of drug-likeness (QED) is 0.412. The zero-order chi connectivity index (χ0) is 10.9. The first-order chi connectivity index (χ1) is 7.09. The summed E-state index contributed by atoms with van der Waals surface area (Å²) in [5.41, 5.74) is 3.24. The summed E-state index contributed by atoms with van der Waals surface area (Å²) in [7, 11) is 0. The van der Waals surface area contributed by atoms with Crippen LogP contribution in [0.25, 0.3) is 0 Å². The third kappa shape index (κ3) is 6.26. The SMILES string of the molecule is CC(C)(C)[C-](C1=CC=CC1)C1=CC=CC1.[Cl-].[Cl-].[Cl-].[Zr+4]. The van der Waals surface area contributed by atoms with Crippen LogP contribution in [-0.4, -0.2) is 0 Å². The maximum Gasteiger partial charge on any atom is 4.00 e. The van der Waals surface area contributed by atoms with Gasteiger partial charge in [0, 0.05) is 0 Å². The fourth-order valence-electron chi connectivity index (χ4n) is 2.43. The Balaban J connectivity index is -0.000000640. The molecule has 0 aliphatic heterocycles. The maximum absolute atomic E-state index is 2.31. The van der Waals surface area contributed by atoms with Crippen LogP contribution in [0.4, 0.5) is 0 Å². The molecule has 0 spiro atoms. The predicted molar refractivity (Wildman–Crippen MR) is 66.4 cm³/mol. The number of halogens is 3. The van der Waals surface area contributed by atoms with Gasteiger partial charge in [-0.3, -0.25) is 0 Å². The Morgan fingerprint density at radius 1 is 0.842 bits per heavy atom. The van der Waals surface area contributed by atoms with Crippen molar-refractivity contribution >= 4 is 0 Å². The minimum Gasteiger partial charge on any atom is -1.00 e. The van der Waals surface area contributed by atoms with Crippen LogP contribution in [0, 0.1) is 11.3 Å². The molecule has 0 saturated heterocycles. The number of allylic oxidation sites excluding steroid dienone is 8. The molecule has 0 aromatic heterocycles. The van der Waals surface area contributed by atoms with E-state index in [1.54, 1.807) is 0 Å². The van der Waals surface area contributed by atoms with Crippen LogP contribution in [0.3, 0.4) is 0 Å². The molecule has 0 atom stereocenters. The molecular formula is C15H19Cl3Zr. The molecule has 0 unspecified atom stereocenters. The Bertz CT molecular complexity index is 343. The van der Waals surface area contributed by atoms with Crippen LogP contribution in [0.15, 0.2) is 47.6 Å². The van der Waals surface area contributed by atoms with Gasteiger partial charge in [-0.25, -0.2) is 0 Å². The van der Waals surface area contributed by atoms with Crippen molar-refractivity contribution in [3.05, 3.63) is 53.5 Å². The zero-order valence-corrected chi connectivity index (χ0v) is 16.2. The average Bonchev–Trinajstić information content (AvgIpc) is 2.73. The third-order valence-electron chi connectivity index (χ3n) is 2.93. The maximum atomic E-state index is 2.31. The molecule has 0 N–H and O–H groups in total. The van der Waals surface area contributed by atoms with E-state index in [-0.39, 0.29) is 68.8 Å². The smallest absolute Gasteiger partial charge is 1.00 e. The first-order valence-electron chi connectivity index (χ1n) is 5.68. The van der Waals surface area contributed by atoms with Gasteiger partial charge in [0.15, 0.2) is 0 Å². The van der Waals surface area contributed by atoms with Gasteiger partial charge in [-0.05, 0) is 12.8 Å². The Labute approximate surface area is 155 Å². The van der Waals surface area contributed by atoms with E-state index in [0.29, 0.717) is 0 Å². The molecule has 0 radical (unpaired) electrons. The molecule has 2 aliphatic rings. The summed E-state index contributed by atoms with van der Waals surface area (Å²) >= 11 is 0. The Hall–Kier alpha value is 0.583. The molecule has 19 heavy (non-hydrogen) atoms. The largest absolute Gasteiger partial charge is 4.00 e. The zero-order valence-electron chi connectivity index (χ0n) is 11.5. The standard InChI is InChI=1S/C15H19.3ClH.Zr/c1-15(2,3)14(12-8-4-5-9-12)13-10-6-7-11-13;;;;/h4-8,10H,9,11H2,1-3H3;3*1H;/q-1;;;;+4/p-3. The summed E-state index contributed by atoms with van der Waals surface area (Å²) in [4.78, 5) is 0. The molecule has 4 heteroatoms. The van der Waals surface area contributed by atoms with E-state index in [1.165, 1.54) is 17.1 Å². The van der Waals surface area contributed by atoms with E-state index in [9.17, 15) is 0 Å². The fourth-order valence-corrected chi connectivity index (χ4v) is 2.43. The van der Waals surface area contributed by atoms with Crippen LogP contribution in [0.1, 0.15) is 33.6 Å². The van der Waals surface area contributed by atoms with Gasteiger partial charge in [-0.15, -0.1) is 29.2 Å². The molecule has 2 rings (SSSR count). The van der Waals surface area contributed by atoms with Gasteiger partial charge in [-0.2, -0.15) is 12.2 Å². The average molecular weight is 397 g/mol. The van der Waals surface area contributed by atoms with E-state index in [0.717, 1.165) is 12.8 Å². The van der Waals surface area contributed by atoms with Crippen molar-refractivity contribution < 1.29 is 63.4 Å². The summed E-state index contributed by atoms with van der Waals surface area (Å²) in [6, 6.07) is 0. The Morgan fingerprint density at radius 2 is 1.21 bits per heavy atom. The van der Waals surface area contributed by atoms with Gasteiger partial charge in [0.25, 0.3) is 0 Å². The fraction of sp³-hybridized carbons (Fsp3) is 0.400.